The number of aromatic nitrogens is 4. The summed E-state index contributed by atoms with van der Waals surface area (Å²) in [7, 11) is 0. The van der Waals surface area contributed by atoms with E-state index in [1.54, 1.807) is 0 Å². The average molecular weight is 681 g/mol. The Hall–Kier alpha value is -6.85. The lowest BCUT2D eigenvalue weighted by atomic mass is 9.82. The second kappa shape index (κ2) is 11.1. The molecule has 10 aromatic rings. The van der Waals surface area contributed by atoms with Gasteiger partial charge in [0, 0.05) is 38.1 Å². The molecule has 5 heteroatoms. The smallest absolute Gasteiger partial charge is 0.238 e. The second-order valence-corrected chi connectivity index (χ2v) is 14.4. The first kappa shape index (κ1) is 29.8. The highest BCUT2D eigenvalue weighted by Crippen LogP contribution is 2.49. The molecule has 250 valence electrons. The van der Waals surface area contributed by atoms with Crippen LogP contribution in [-0.4, -0.2) is 19.5 Å². The Morgan fingerprint density at radius 3 is 1.85 bits per heavy atom. The van der Waals surface area contributed by atoms with Crippen molar-refractivity contribution in [1.29, 1.82) is 0 Å². The van der Waals surface area contributed by atoms with Crippen molar-refractivity contribution >= 4 is 43.7 Å². The summed E-state index contributed by atoms with van der Waals surface area (Å²) in [4.78, 5) is 15.7. The molecule has 0 unspecified atom stereocenters. The Labute approximate surface area is 305 Å². The van der Waals surface area contributed by atoms with E-state index in [2.05, 4.69) is 164 Å². The molecule has 5 nitrogen and oxygen atoms in total. The molecular weight excluding hydrogens is 649 g/mol. The van der Waals surface area contributed by atoms with Gasteiger partial charge in [-0.3, -0.25) is 4.57 Å². The summed E-state index contributed by atoms with van der Waals surface area (Å²) >= 11 is 0. The van der Waals surface area contributed by atoms with Crippen molar-refractivity contribution in [3.05, 3.63) is 169 Å². The van der Waals surface area contributed by atoms with E-state index in [1.165, 1.54) is 22.3 Å². The van der Waals surface area contributed by atoms with Crippen LogP contribution in [0.5, 0.6) is 0 Å². The fourth-order valence-corrected chi connectivity index (χ4v) is 8.54. The highest BCUT2D eigenvalue weighted by Gasteiger charge is 2.35. The minimum absolute atomic E-state index is 0.0920. The molecular formula is C48H32N4O. The van der Waals surface area contributed by atoms with Crippen LogP contribution in [0, 0.1) is 0 Å². The highest BCUT2D eigenvalue weighted by atomic mass is 16.3. The van der Waals surface area contributed by atoms with Crippen LogP contribution in [0.25, 0.3) is 94.7 Å². The molecule has 7 aromatic carbocycles. The van der Waals surface area contributed by atoms with E-state index in [-0.39, 0.29) is 5.41 Å². The lowest BCUT2D eigenvalue weighted by Crippen LogP contribution is -2.14. The van der Waals surface area contributed by atoms with Crippen molar-refractivity contribution in [3.63, 3.8) is 0 Å². The number of fused-ring (bicyclic) bond motifs is 9. The van der Waals surface area contributed by atoms with Crippen LogP contribution in [0.3, 0.4) is 0 Å². The zero-order chi connectivity index (χ0) is 35.3. The van der Waals surface area contributed by atoms with E-state index in [0.29, 0.717) is 17.6 Å². The first-order valence-corrected chi connectivity index (χ1v) is 18.0. The Morgan fingerprint density at radius 1 is 0.453 bits per heavy atom. The summed E-state index contributed by atoms with van der Waals surface area (Å²) < 4.78 is 8.70. The molecule has 0 amide bonds. The maximum atomic E-state index is 6.54. The molecule has 0 saturated carbocycles. The fraction of sp³-hybridized carbons (Fsp3) is 0.0625. The molecule has 0 bridgehead atoms. The van der Waals surface area contributed by atoms with E-state index in [1.807, 2.05) is 12.1 Å². The topological polar surface area (TPSA) is 56.7 Å². The molecule has 11 rings (SSSR count). The van der Waals surface area contributed by atoms with Crippen LogP contribution in [-0.2, 0) is 5.41 Å². The summed E-state index contributed by atoms with van der Waals surface area (Å²) in [6.07, 6.45) is 0. The molecule has 0 N–H and O–H groups in total. The van der Waals surface area contributed by atoms with Crippen molar-refractivity contribution in [2.45, 2.75) is 19.3 Å². The Bertz CT molecular complexity index is 3040. The van der Waals surface area contributed by atoms with Gasteiger partial charge in [0.25, 0.3) is 0 Å². The number of hydrogen-bond donors (Lipinski definition) is 0. The number of para-hydroxylation sites is 2. The fourth-order valence-electron chi connectivity index (χ4n) is 8.54. The number of rotatable bonds is 4. The molecule has 53 heavy (non-hydrogen) atoms. The first-order valence-electron chi connectivity index (χ1n) is 18.0. The van der Waals surface area contributed by atoms with Crippen molar-refractivity contribution in [1.82, 2.24) is 19.5 Å². The van der Waals surface area contributed by atoms with E-state index < -0.39 is 0 Å². The van der Waals surface area contributed by atoms with Gasteiger partial charge in [0.2, 0.25) is 5.95 Å². The maximum absolute atomic E-state index is 6.54. The minimum Gasteiger partial charge on any atom is -0.456 e. The van der Waals surface area contributed by atoms with Gasteiger partial charge in [-0.05, 0) is 69.8 Å². The Balaban J connectivity index is 1.15. The third-order valence-electron chi connectivity index (χ3n) is 11.1. The summed E-state index contributed by atoms with van der Waals surface area (Å²) in [6.45, 7) is 4.60. The van der Waals surface area contributed by atoms with Gasteiger partial charge < -0.3 is 4.42 Å². The molecule has 0 saturated heterocycles. The predicted octanol–water partition coefficient (Wildman–Crippen LogP) is 12.2. The summed E-state index contributed by atoms with van der Waals surface area (Å²) in [5, 5.41) is 4.46. The molecule has 0 atom stereocenters. The molecule has 1 aliphatic rings. The quantitative estimate of drug-likeness (QED) is 0.186. The van der Waals surface area contributed by atoms with Gasteiger partial charge in [-0.1, -0.05) is 135 Å². The Morgan fingerprint density at radius 2 is 1.08 bits per heavy atom. The summed E-state index contributed by atoms with van der Waals surface area (Å²) in [5.74, 6) is 1.77. The molecule has 1 aliphatic carbocycles. The molecule has 0 fully saturated rings. The SMILES string of the molecule is CC1(C)c2ccccc2-c2cc(-c3nc(-c4ccc5c(c4)oc4cccc(-c6ccccc6)c45)nc(-n4c5ccccc5c5ccccc54)n3)ccc21. The van der Waals surface area contributed by atoms with Crippen LogP contribution < -0.4 is 0 Å². The lowest BCUT2D eigenvalue weighted by molar-refractivity contribution is 0.660. The summed E-state index contributed by atoms with van der Waals surface area (Å²) in [6, 6.07) is 55.3. The number of hydrogen-bond acceptors (Lipinski definition) is 4. The lowest BCUT2D eigenvalue weighted by Gasteiger charge is -2.21. The van der Waals surface area contributed by atoms with Gasteiger partial charge >= 0.3 is 0 Å². The average Bonchev–Trinajstić information content (AvgIpc) is 3.83. The maximum Gasteiger partial charge on any atom is 0.238 e. The van der Waals surface area contributed by atoms with Crippen LogP contribution >= 0.6 is 0 Å². The van der Waals surface area contributed by atoms with Gasteiger partial charge in [-0.25, -0.2) is 4.98 Å². The van der Waals surface area contributed by atoms with Crippen molar-refractivity contribution in [3.8, 4) is 51.0 Å². The van der Waals surface area contributed by atoms with Crippen molar-refractivity contribution < 1.29 is 4.42 Å². The minimum atomic E-state index is -0.0920. The van der Waals surface area contributed by atoms with Gasteiger partial charge in [0.05, 0.1) is 11.0 Å². The third-order valence-corrected chi connectivity index (χ3v) is 11.1. The van der Waals surface area contributed by atoms with Gasteiger partial charge in [-0.2, -0.15) is 9.97 Å². The molecule has 3 aromatic heterocycles. The largest absolute Gasteiger partial charge is 0.456 e. The summed E-state index contributed by atoms with van der Waals surface area (Å²) in [5.41, 5.74) is 12.9. The monoisotopic (exact) mass is 680 g/mol. The van der Waals surface area contributed by atoms with Gasteiger partial charge in [0.1, 0.15) is 11.2 Å². The van der Waals surface area contributed by atoms with Crippen LogP contribution in [0.4, 0.5) is 0 Å². The number of benzene rings is 7. The van der Waals surface area contributed by atoms with E-state index in [9.17, 15) is 0 Å². The standard InChI is InChI=1S/C48H32N4O/c1-48(2)38-19-9-6-15-33(38)37-27-30(24-26-39(37)48)45-49-46(51-47(50-45)52-40-20-10-7-16-34(40)35-17-8-11-21-41(35)52)31-23-25-36-43(28-31)53-42-22-12-18-32(44(36)42)29-13-4-3-5-14-29/h3-28H,1-2H3. The van der Waals surface area contributed by atoms with Crippen LogP contribution in [0.15, 0.2) is 162 Å². The molecule has 0 aliphatic heterocycles. The normalized spacial score (nSPS) is 13.2. The van der Waals surface area contributed by atoms with E-state index in [0.717, 1.165) is 66.0 Å². The Kier molecular flexibility index (Phi) is 6.23. The predicted molar refractivity (Wildman–Crippen MR) is 215 cm³/mol. The molecule has 3 heterocycles. The van der Waals surface area contributed by atoms with E-state index in [4.69, 9.17) is 19.4 Å². The third kappa shape index (κ3) is 4.40. The molecule has 0 spiro atoms. The second-order valence-electron chi connectivity index (χ2n) is 14.4. The van der Waals surface area contributed by atoms with Gasteiger partial charge in [-0.15, -0.1) is 0 Å². The van der Waals surface area contributed by atoms with Crippen LogP contribution in [0.2, 0.25) is 0 Å². The molecule has 0 radical (unpaired) electrons. The van der Waals surface area contributed by atoms with E-state index >= 15 is 0 Å². The highest BCUT2D eigenvalue weighted by molar-refractivity contribution is 6.13. The zero-order valence-electron chi connectivity index (χ0n) is 29.2. The van der Waals surface area contributed by atoms with Crippen LogP contribution in [0.1, 0.15) is 25.0 Å². The number of nitrogens with zero attached hydrogens (tertiary/aromatic N) is 4. The first-order chi connectivity index (χ1) is 26.0. The number of furan rings is 1. The van der Waals surface area contributed by atoms with Crippen molar-refractivity contribution in [2.75, 3.05) is 0 Å². The zero-order valence-corrected chi connectivity index (χ0v) is 29.2. The van der Waals surface area contributed by atoms with Gasteiger partial charge in [0.15, 0.2) is 11.6 Å². The van der Waals surface area contributed by atoms with Crippen molar-refractivity contribution in [2.24, 2.45) is 0 Å².